The zero-order chi connectivity index (χ0) is 13.7. The van der Waals surface area contributed by atoms with E-state index in [4.69, 9.17) is 9.84 Å². The van der Waals surface area contributed by atoms with Crippen LogP contribution in [0.4, 0.5) is 0 Å². The van der Waals surface area contributed by atoms with E-state index in [1.807, 2.05) is 24.3 Å². The molecule has 1 atom stereocenters. The molecule has 0 radical (unpaired) electrons. The van der Waals surface area contributed by atoms with Crippen LogP contribution in [0.3, 0.4) is 0 Å². The molecule has 4 heteroatoms. The highest BCUT2D eigenvalue weighted by molar-refractivity contribution is 5.85. The Kier molecular flexibility index (Phi) is 4.71. The van der Waals surface area contributed by atoms with E-state index < -0.39 is 5.97 Å². The summed E-state index contributed by atoms with van der Waals surface area (Å²) in [5, 5.41) is 8.57. The number of carbonyl (C=O) groups is 1. The topological polar surface area (TPSA) is 49.8 Å². The molecule has 0 aliphatic carbocycles. The van der Waals surface area contributed by atoms with E-state index >= 15 is 0 Å². The number of carboxylic acid groups (broad SMARTS) is 1. The van der Waals surface area contributed by atoms with Crippen molar-refractivity contribution in [3.8, 4) is 0 Å². The Morgan fingerprint density at radius 1 is 1.47 bits per heavy atom. The fourth-order valence-electron chi connectivity index (χ4n) is 2.13. The number of ether oxygens (including phenoxy) is 1. The van der Waals surface area contributed by atoms with E-state index in [0.717, 1.165) is 37.9 Å². The van der Waals surface area contributed by atoms with Gasteiger partial charge in [0.05, 0.1) is 13.2 Å². The molecule has 1 unspecified atom stereocenters. The van der Waals surface area contributed by atoms with Gasteiger partial charge in [-0.1, -0.05) is 24.3 Å². The molecule has 1 N–H and O–H groups in total. The third-order valence-electron chi connectivity index (χ3n) is 3.29. The maximum Gasteiger partial charge on any atom is 0.328 e. The summed E-state index contributed by atoms with van der Waals surface area (Å²) in [4.78, 5) is 12.8. The third kappa shape index (κ3) is 4.19. The molecular formula is C15H19NO3. The molecule has 0 aromatic heterocycles. The molecule has 1 aliphatic heterocycles. The maximum atomic E-state index is 10.4. The van der Waals surface area contributed by atoms with Crippen LogP contribution in [0.5, 0.6) is 0 Å². The Balaban J connectivity index is 1.96. The van der Waals surface area contributed by atoms with Gasteiger partial charge in [-0.2, -0.15) is 0 Å². The quantitative estimate of drug-likeness (QED) is 0.842. The second-order valence-corrected chi connectivity index (χ2v) is 4.81. The van der Waals surface area contributed by atoms with Crippen LogP contribution in [0.15, 0.2) is 30.3 Å². The molecule has 1 fully saturated rings. The largest absolute Gasteiger partial charge is 0.478 e. The van der Waals surface area contributed by atoms with Crippen LogP contribution in [-0.4, -0.2) is 41.8 Å². The minimum absolute atomic E-state index is 0.445. The molecule has 0 spiro atoms. The summed E-state index contributed by atoms with van der Waals surface area (Å²) < 4.78 is 5.42. The summed E-state index contributed by atoms with van der Waals surface area (Å²) in [7, 11) is 0. The molecule has 1 saturated heterocycles. The first kappa shape index (κ1) is 13.8. The molecule has 1 aliphatic rings. The number of hydrogen-bond donors (Lipinski definition) is 1. The highest BCUT2D eigenvalue weighted by Gasteiger charge is 2.18. The van der Waals surface area contributed by atoms with Crippen LogP contribution in [0.2, 0.25) is 0 Å². The number of carboxylic acids is 1. The zero-order valence-electron chi connectivity index (χ0n) is 11.1. The first-order chi connectivity index (χ1) is 9.15. The number of aliphatic carboxylic acids is 1. The number of benzene rings is 1. The normalized spacial score (nSPS) is 20.8. The van der Waals surface area contributed by atoms with Gasteiger partial charge in [0, 0.05) is 25.2 Å². The predicted octanol–water partition coefficient (Wildman–Crippen LogP) is 2.01. The van der Waals surface area contributed by atoms with Gasteiger partial charge in [-0.05, 0) is 24.1 Å². The lowest BCUT2D eigenvalue weighted by Gasteiger charge is -2.33. The number of hydrogen-bond acceptors (Lipinski definition) is 3. The molecule has 19 heavy (non-hydrogen) atoms. The average Bonchev–Trinajstić information content (AvgIpc) is 2.40. The lowest BCUT2D eigenvalue weighted by Crippen LogP contribution is -2.42. The summed E-state index contributed by atoms with van der Waals surface area (Å²) in [6, 6.07) is 8.42. The Morgan fingerprint density at radius 2 is 2.21 bits per heavy atom. The van der Waals surface area contributed by atoms with Crippen molar-refractivity contribution in [2.45, 2.75) is 19.5 Å². The Bertz CT molecular complexity index is 453. The fourth-order valence-corrected chi connectivity index (χ4v) is 2.13. The second kappa shape index (κ2) is 6.50. The lowest BCUT2D eigenvalue weighted by atomic mass is 10.1. The molecule has 1 heterocycles. The van der Waals surface area contributed by atoms with E-state index in [-0.39, 0.29) is 0 Å². The predicted molar refractivity (Wildman–Crippen MR) is 73.8 cm³/mol. The van der Waals surface area contributed by atoms with Crippen LogP contribution in [0.1, 0.15) is 18.1 Å². The molecule has 0 bridgehead atoms. The van der Waals surface area contributed by atoms with E-state index in [0.29, 0.717) is 6.04 Å². The molecule has 2 rings (SSSR count). The van der Waals surface area contributed by atoms with Crippen molar-refractivity contribution in [2.75, 3.05) is 19.8 Å². The molecular weight excluding hydrogens is 242 g/mol. The van der Waals surface area contributed by atoms with Crippen molar-refractivity contribution >= 4 is 12.0 Å². The maximum absolute atomic E-state index is 10.4. The first-order valence-corrected chi connectivity index (χ1v) is 6.47. The summed E-state index contributed by atoms with van der Waals surface area (Å²) in [6.07, 6.45) is 2.75. The summed E-state index contributed by atoms with van der Waals surface area (Å²) in [6.45, 7) is 5.63. The van der Waals surface area contributed by atoms with Crippen molar-refractivity contribution in [2.24, 2.45) is 0 Å². The van der Waals surface area contributed by atoms with E-state index in [1.54, 1.807) is 6.08 Å². The van der Waals surface area contributed by atoms with Gasteiger partial charge in [-0.25, -0.2) is 4.79 Å². The average molecular weight is 261 g/mol. The van der Waals surface area contributed by atoms with Gasteiger partial charge in [0.2, 0.25) is 0 Å². The van der Waals surface area contributed by atoms with Gasteiger partial charge in [0.15, 0.2) is 0 Å². The number of rotatable bonds is 4. The van der Waals surface area contributed by atoms with E-state index in [1.165, 1.54) is 5.56 Å². The second-order valence-electron chi connectivity index (χ2n) is 4.81. The SMILES string of the molecule is CC1COCCN1Cc1ccc(/C=C/C(=O)O)cc1. The minimum atomic E-state index is -0.925. The van der Waals surface area contributed by atoms with Crippen LogP contribution in [0.25, 0.3) is 6.08 Å². The highest BCUT2D eigenvalue weighted by atomic mass is 16.5. The minimum Gasteiger partial charge on any atom is -0.478 e. The Labute approximate surface area is 113 Å². The summed E-state index contributed by atoms with van der Waals surface area (Å²) >= 11 is 0. The van der Waals surface area contributed by atoms with Gasteiger partial charge < -0.3 is 9.84 Å². The van der Waals surface area contributed by atoms with Crippen LogP contribution in [-0.2, 0) is 16.1 Å². The van der Waals surface area contributed by atoms with Gasteiger partial charge in [-0.15, -0.1) is 0 Å². The molecule has 0 amide bonds. The summed E-state index contributed by atoms with van der Waals surface area (Å²) in [5.74, 6) is -0.925. The molecule has 1 aromatic carbocycles. The first-order valence-electron chi connectivity index (χ1n) is 6.47. The molecule has 4 nitrogen and oxygen atoms in total. The smallest absolute Gasteiger partial charge is 0.328 e. The molecule has 0 saturated carbocycles. The number of morpholine rings is 1. The Morgan fingerprint density at radius 3 is 2.84 bits per heavy atom. The van der Waals surface area contributed by atoms with Crippen LogP contribution < -0.4 is 0 Å². The fraction of sp³-hybridized carbons (Fsp3) is 0.400. The third-order valence-corrected chi connectivity index (χ3v) is 3.29. The Hall–Kier alpha value is -1.65. The molecule has 1 aromatic rings. The number of nitrogens with zero attached hydrogens (tertiary/aromatic N) is 1. The van der Waals surface area contributed by atoms with Crippen molar-refractivity contribution in [3.05, 3.63) is 41.5 Å². The molecule has 102 valence electrons. The highest BCUT2D eigenvalue weighted by Crippen LogP contribution is 2.13. The standard InChI is InChI=1S/C15H19NO3/c1-12-11-19-9-8-16(12)10-14-4-2-13(3-5-14)6-7-15(17)18/h2-7,12H,8-11H2,1H3,(H,17,18)/b7-6+. The van der Waals surface area contributed by atoms with Gasteiger partial charge >= 0.3 is 5.97 Å². The van der Waals surface area contributed by atoms with Crippen molar-refractivity contribution in [1.82, 2.24) is 4.90 Å². The van der Waals surface area contributed by atoms with Gasteiger partial charge in [0.1, 0.15) is 0 Å². The zero-order valence-corrected chi connectivity index (χ0v) is 11.1. The van der Waals surface area contributed by atoms with E-state index in [2.05, 4.69) is 11.8 Å². The van der Waals surface area contributed by atoms with Crippen molar-refractivity contribution in [3.63, 3.8) is 0 Å². The van der Waals surface area contributed by atoms with Crippen LogP contribution in [0, 0.1) is 0 Å². The van der Waals surface area contributed by atoms with Crippen molar-refractivity contribution < 1.29 is 14.6 Å². The monoisotopic (exact) mass is 261 g/mol. The van der Waals surface area contributed by atoms with E-state index in [9.17, 15) is 4.79 Å². The lowest BCUT2D eigenvalue weighted by molar-refractivity contribution is -0.131. The van der Waals surface area contributed by atoms with Crippen molar-refractivity contribution in [1.29, 1.82) is 0 Å². The van der Waals surface area contributed by atoms with Gasteiger partial charge in [-0.3, -0.25) is 4.90 Å². The van der Waals surface area contributed by atoms with Crippen LogP contribution >= 0.6 is 0 Å². The van der Waals surface area contributed by atoms with Gasteiger partial charge in [0.25, 0.3) is 0 Å². The summed E-state index contributed by atoms with van der Waals surface area (Å²) in [5.41, 5.74) is 2.14.